The molecule has 1 saturated heterocycles. The maximum absolute atomic E-state index is 12.2. The molecule has 3 rings (SSSR count). The second-order valence-corrected chi connectivity index (χ2v) is 7.49. The van der Waals surface area contributed by atoms with Crippen LogP contribution in [-0.2, 0) is 16.0 Å². The van der Waals surface area contributed by atoms with Crippen molar-refractivity contribution < 1.29 is 14.3 Å². The Balaban J connectivity index is 1.50. The van der Waals surface area contributed by atoms with Gasteiger partial charge in [-0.15, -0.1) is 11.3 Å². The molecule has 1 spiro atoms. The first kappa shape index (κ1) is 15.7. The van der Waals surface area contributed by atoms with Gasteiger partial charge in [-0.3, -0.25) is 9.59 Å². The zero-order valence-electron chi connectivity index (χ0n) is 13.0. The number of hydrogen-bond donors (Lipinski definition) is 1. The van der Waals surface area contributed by atoms with Gasteiger partial charge in [0.15, 0.2) is 5.78 Å². The Morgan fingerprint density at radius 1 is 1.36 bits per heavy atom. The van der Waals surface area contributed by atoms with E-state index in [1.807, 2.05) is 11.4 Å². The molecule has 0 radical (unpaired) electrons. The number of nitrogens with one attached hydrogen (secondary N) is 1. The van der Waals surface area contributed by atoms with Crippen molar-refractivity contribution in [2.24, 2.45) is 0 Å². The highest BCUT2D eigenvalue weighted by Crippen LogP contribution is 2.39. The van der Waals surface area contributed by atoms with Gasteiger partial charge in [-0.05, 0) is 43.2 Å². The van der Waals surface area contributed by atoms with Gasteiger partial charge in [-0.2, -0.15) is 0 Å². The molecule has 1 aromatic rings. The van der Waals surface area contributed by atoms with Crippen LogP contribution in [0.5, 0.6) is 0 Å². The third kappa shape index (κ3) is 3.58. The van der Waals surface area contributed by atoms with E-state index in [2.05, 4.69) is 5.32 Å². The average Bonchev–Trinajstić information content (AvgIpc) is 3.08. The van der Waals surface area contributed by atoms with Crippen molar-refractivity contribution in [3.05, 3.63) is 21.9 Å². The monoisotopic (exact) mass is 321 g/mol. The average molecular weight is 321 g/mol. The number of ether oxygens (including phenoxy) is 1. The number of carbonyl (C=O) groups is 2. The van der Waals surface area contributed by atoms with E-state index in [1.165, 1.54) is 30.6 Å². The minimum atomic E-state index is 0.0226. The van der Waals surface area contributed by atoms with Gasteiger partial charge in [0.1, 0.15) is 0 Å². The summed E-state index contributed by atoms with van der Waals surface area (Å²) < 4.78 is 6.02. The summed E-state index contributed by atoms with van der Waals surface area (Å²) in [5, 5.41) is 4.99. The van der Waals surface area contributed by atoms with Crippen LogP contribution in [0.2, 0.25) is 0 Å². The van der Waals surface area contributed by atoms with Crippen molar-refractivity contribution >= 4 is 23.0 Å². The second kappa shape index (κ2) is 6.50. The summed E-state index contributed by atoms with van der Waals surface area (Å²) in [5.74, 6) is 0.0782. The van der Waals surface area contributed by atoms with Crippen LogP contribution in [0.3, 0.4) is 0 Å². The van der Waals surface area contributed by atoms with E-state index < -0.39 is 0 Å². The Labute approximate surface area is 135 Å². The van der Waals surface area contributed by atoms with Gasteiger partial charge in [0.05, 0.1) is 29.5 Å². The van der Waals surface area contributed by atoms with Gasteiger partial charge in [0.2, 0.25) is 5.91 Å². The summed E-state index contributed by atoms with van der Waals surface area (Å²) in [6.45, 7) is 2.18. The fourth-order valence-electron chi connectivity index (χ4n) is 3.60. The topological polar surface area (TPSA) is 55.4 Å². The van der Waals surface area contributed by atoms with Crippen molar-refractivity contribution in [3.8, 4) is 0 Å². The predicted octanol–water partition coefficient (Wildman–Crippen LogP) is 3.10. The fraction of sp³-hybridized carbons (Fsp3) is 0.647. The molecule has 1 saturated carbocycles. The van der Waals surface area contributed by atoms with Gasteiger partial charge >= 0.3 is 0 Å². The van der Waals surface area contributed by atoms with Gasteiger partial charge in [-0.25, -0.2) is 0 Å². The van der Waals surface area contributed by atoms with Gasteiger partial charge in [0.25, 0.3) is 0 Å². The molecule has 1 N–H and O–H groups in total. The lowest BCUT2D eigenvalue weighted by atomic mass is 9.82. The van der Waals surface area contributed by atoms with Crippen LogP contribution in [0.4, 0.5) is 0 Å². The Bertz CT molecular complexity index is 560. The molecular weight excluding hydrogens is 298 g/mol. The number of amides is 1. The largest absolute Gasteiger partial charge is 0.373 e. The molecule has 2 aliphatic rings. The number of Topliss-reactive ketones (excluding diaryl/α,β-unsaturated/α-hetero) is 1. The van der Waals surface area contributed by atoms with E-state index in [0.29, 0.717) is 17.9 Å². The molecule has 1 aliphatic heterocycles. The maximum Gasteiger partial charge on any atom is 0.224 e. The normalized spacial score (nSPS) is 23.6. The van der Waals surface area contributed by atoms with Crippen molar-refractivity contribution in [2.45, 2.75) is 63.5 Å². The van der Waals surface area contributed by atoms with Crippen molar-refractivity contribution in [3.63, 3.8) is 0 Å². The van der Waals surface area contributed by atoms with E-state index in [4.69, 9.17) is 4.74 Å². The van der Waals surface area contributed by atoms with Crippen LogP contribution in [0, 0.1) is 0 Å². The van der Waals surface area contributed by atoms with E-state index >= 15 is 0 Å². The SMILES string of the molecule is CC(=O)c1cc(CC(=O)NC2COC3(CCCCC3)C2)cs1. The highest BCUT2D eigenvalue weighted by Gasteiger charge is 2.41. The maximum atomic E-state index is 12.2. The van der Waals surface area contributed by atoms with Crippen LogP contribution in [0.15, 0.2) is 11.4 Å². The fourth-order valence-corrected chi connectivity index (χ4v) is 4.41. The van der Waals surface area contributed by atoms with Gasteiger partial charge < -0.3 is 10.1 Å². The number of carbonyl (C=O) groups excluding carboxylic acids is 2. The molecule has 2 heterocycles. The summed E-state index contributed by atoms with van der Waals surface area (Å²) in [7, 11) is 0. The summed E-state index contributed by atoms with van der Waals surface area (Å²) in [6.07, 6.45) is 7.33. The first-order valence-corrected chi connectivity index (χ1v) is 8.96. The molecule has 5 heteroatoms. The van der Waals surface area contributed by atoms with Gasteiger partial charge in [0, 0.05) is 0 Å². The standard InChI is InChI=1S/C17H23NO3S/c1-12(19)15-7-13(11-22-15)8-16(20)18-14-9-17(21-10-14)5-3-2-4-6-17/h7,11,14H,2-6,8-10H2,1H3,(H,18,20). The highest BCUT2D eigenvalue weighted by molar-refractivity contribution is 7.12. The summed E-state index contributed by atoms with van der Waals surface area (Å²) >= 11 is 1.41. The molecule has 1 atom stereocenters. The minimum absolute atomic E-state index is 0.0226. The van der Waals surface area contributed by atoms with Crippen LogP contribution in [0.25, 0.3) is 0 Å². The Morgan fingerprint density at radius 2 is 2.14 bits per heavy atom. The van der Waals surface area contributed by atoms with Crippen molar-refractivity contribution in [2.75, 3.05) is 6.61 Å². The number of thiophene rings is 1. The molecule has 1 unspecified atom stereocenters. The molecule has 2 fully saturated rings. The third-order valence-electron chi connectivity index (χ3n) is 4.70. The van der Waals surface area contributed by atoms with Crippen LogP contribution < -0.4 is 5.32 Å². The number of rotatable bonds is 4. The Kier molecular flexibility index (Phi) is 4.64. The van der Waals surface area contributed by atoms with E-state index in [-0.39, 0.29) is 23.3 Å². The van der Waals surface area contributed by atoms with Gasteiger partial charge in [-0.1, -0.05) is 19.3 Å². The summed E-state index contributed by atoms with van der Waals surface area (Å²) in [4.78, 5) is 24.2. The van der Waals surface area contributed by atoms with E-state index in [9.17, 15) is 9.59 Å². The Hall–Kier alpha value is -1.20. The highest BCUT2D eigenvalue weighted by atomic mass is 32.1. The first-order chi connectivity index (χ1) is 10.6. The molecule has 120 valence electrons. The predicted molar refractivity (Wildman–Crippen MR) is 86.3 cm³/mol. The summed E-state index contributed by atoms with van der Waals surface area (Å²) in [6, 6.07) is 1.96. The smallest absolute Gasteiger partial charge is 0.224 e. The molecule has 0 aromatic carbocycles. The van der Waals surface area contributed by atoms with E-state index in [0.717, 1.165) is 24.8 Å². The van der Waals surface area contributed by atoms with Crippen LogP contribution >= 0.6 is 11.3 Å². The molecule has 4 nitrogen and oxygen atoms in total. The molecule has 22 heavy (non-hydrogen) atoms. The molecule has 1 aromatic heterocycles. The zero-order chi connectivity index (χ0) is 15.6. The lowest BCUT2D eigenvalue weighted by Crippen LogP contribution is -2.38. The molecule has 0 bridgehead atoms. The minimum Gasteiger partial charge on any atom is -0.373 e. The lowest BCUT2D eigenvalue weighted by molar-refractivity contribution is -0.121. The van der Waals surface area contributed by atoms with Crippen LogP contribution in [-0.4, -0.2) is 29.9 Å². The quantitative estimate of drug-likeness (QED) is 0.867. The lowest BCUT2D eigenvalue weighted by Gasteiger charge is -2.32. The summed E-state index contributed by atoms with van der Waals surface area (Å²) in [5.41, 5.74) is 0.944. The van der Waals surface area contributed by atoms with E-state index in [1.54, 1.807) is 6.92 Å². The van der Waals surface area contributed by atoms with Crippen LogP contribution in [0.1, 0.15) is 60.7 Å². The molecule has 1 aliphatic carbocycles. The molecule has 1 amide bonds. The zero-order valence-corrected chi connectivity index (χ0v) is 13.8. The molecular formula is C17H23NO3S. The van der Waals surface area contributed by atoms with Crippen molar-refractivity contribution in [1.82, 2.24) is 5.32 Å². The number of ketones is 1. The van der Waals surface area contributed by atoms with Crippen molar-refractivity contribution in [1.29, 1.82) is 0 Å². The first-order valence-electron chi connectivity index (χ1n) is 8.08. The Morgan fingerprint density at radius 3 is 2.82 bits per heavy atom. The third-order valence-corrected chi connectivity index (χ3v) is 5.78. The second-order valence-electron chi connectivity index (χ2n) is 6.58. The number of hydrogen-bond acceptors (Lipinski definition) is 4.